The van der Waals surface area contributed by atoms with Gasteiger partial charge in [-0.25, -0.2) is 12.4 Å². The van der Waals surface area contributed by atoms with E-state index in [1.54, 1.807) is 30.5 Å². The van der Waals surface area contributed by atoms with E-state index in [2.05, 4.69) is 0 Å². The molecular weight excluding hydrogens is 296 g/mol. The molecule has 1 aromatic heterocycles. The van der Waals surface area contributed by atoms with E-state index in [4.69, 9.17) is 5.73 Å². The topological polar surface area (TPSA) is 65.1 Å². The molecule has 3 aromatic rings. The van der Waals surface area contributed by atoms with E-state index in [-0.39, 0.29) is 4.90 Å². The summed E-state index contributed by atoms with van der Waals surface area (Å²) in [5, 5.41) is 0.934. The van der Waals surface area contributed by atoms with E-state index < -0.39 is 10.0 Å². The molecule has 0 radical (unpaired) electrons. The molecule has 4 nitrogen and oxygen atoms in total. The minimum Gasteiger partial charge on any atom is -0.330 e. The van der Waals surface area contributed by atoms with Crippen LogP contribution in [0.25, 0.3) is 10.9 Å². The fourth-order valence-corrected chi connectivity index (χ4v) is 3.99. The van der Waals surface area contributed by atoms with Crippen LogP contribution >= 0.6 is 0 Å². The quantitative estimate of drug-likeness (QED) is 0.805. The third kappa shape index (κ3) is 2.42. The monoisotopic (exact) mass is 314 g/mol. The minimum absolute atomic E-state index is 0.290. The molecule has 0 saturated heterocycles. The lowest BCUT2D eigenvalue weighted by Gasteiger charge is -2.07. The predicted molar refractivity (Wildman–Crippen MR) is 88.5 cm³/mol. The van der Waals surface area contributed by atoms with Crippen LogP contribution in [0.5, 0.6) is 0 Å². The van der Waals surface area contributed by atoms with Crippen LogP contribution in [0.1, 0.15) is 11.1 Å². The summed E-state index contributed by atoms with van der Waals surface area (Å²) >= 11 is 0. The van der Waals surface area contributed by atoms with Gasteiger partial charge in [-0.1, -0.05) is 35.9 Å². The zero-order valence-electron chi connectivity index (χ0n) is 12.4. The summed E-state index contributed by atoms with van der Waals surface area (Å²) in [6.45, 7) is 2.42. The second-order valence-electron chi connectivity index (χ2n) is 5.32. The molecule has 114 valence electrons. The lowest BCUT2D eigenvalue weighted by atomic mass is 10.1. The molecule has 0 bridgehead atoms. The van der Waals surface area contributed by atoms with E-state index >= 15 is 0 Å². The molecule has 0 aliphatic heterocycles. The van der Waals surface area contributed by atoms with E-state index in [9.17, 15) is 8.42 Å². The van der Waals surface area contributed by atoms with Crippen molar-refractivity contribution in [2.24, 2.45) is 5.73 Å². The lowest BCUT2D eigenvalue weighted by Crippen LogP contribution is -2.12. The van der Waals surface area contributed by atoms with Crippen LogP contribution in [0.15, 0.2) is 59.6 Å². The van der Waals surface area contributed by atoms with Crippen LogP contribution in [0, 0.1) is 6.92 Å². The van der Waals surface area contributed by atoms with E-state index in [1.165, 1.54) is 3.97 Å². The molecule has 0 unspecified atom stereocenters. The lowest BCUT2D eigenvalue weighted by molar-refractivity contribution is 0.589. The molecule has 0 saturated carbocycles. The maximum Gasteiger partial charge on any atom is 0.268 e. The number of nitrogens with two attached hydrogens (primary N) is 1. The Kier molecular flexibility index (Phi) is 3.76. The summed E-state index contributed by atoms with van der Waals surface area (Å²) < 4.78 is 27.2. The summed E-state index contributed by atoms with van der Waals surface area (Å²) in [7, 11) is -3.60. The Balaban J connectivity index is 2.23. The minimum atomic E-state index is -3.60. The number of fused-ring (bicyclic) bond motifs is 1. The van der Waals surface area contributed by atoms with Crippen molar-refractivity contribution in [3.63, 3.8) is 0 Å². The third-order valence-electron chi connectivity index (χ3n) is 3.75. The molecule has 2 aromatic carbocycles. The van der Waals surface area contributed by atoms with Gasteiger partial charge in [-0.05, 0) is 43.7 Å². The maximum absolute atomic E-state index is 12.9. The Morgan fingerprint density at radius 1 is 1.05 bits per heavy atom. The zero-order chi connectivity index (χ0) is 15.7. The molecule has 0 aliphatic carbocycles. The van der Waals surface area contributed by atoms with Gasteiger partial charge >= 0.3 is 0 Å². The average Bonchev–Trinajstić information content (AvgIpc) is 2.88. The van der Waals surface area contributed by atoms with Gasteiger partial charge in [0, 0.05) is 11.6 Å². The number of nitrogens with zero attached hydrogens (tertiary/aromatic N) is 1. The highest BCUT2D eigenvalue weighted by Gasteiger charge is 2.20. The first kappa shape index (κ1) is 14.8. The first-order valence-electron chi connectivity index (χ1n) is 7.15. The number of aromatic nitrogens is 1. The molecule has 0 aliphatic rings. The van der Waals surface area contributed by atoms with Gasteiger partial charge < -0.3 is 5.73 Å². The standard InChI is InChI=1S/C17H18N2O2S/c1-13-6-8-15(9-7-13)22(20,21)19-12-14(10-11-18)16-4-2-3-5-17(16)19/h2-9,12H,10-11,18H2,1H3. The van der Waals surface area contributed by atoms with Crippen molar-refractivity contribution in [3.05, 3.63) is 65.9 Å². The second-order valence-corrected chi connectivity index (χ2v) is 7.14. The summed E-state index contributed by atoms with van der Waals surface area (Å²) in [5.74, 6) is 0. The van der Waals surface area contributed by atoms with Crippen molar-refractivity contribution >= 4 is 20.9 Å². The van der Waals surface area contributed by atoms with Crippen molar-refractivity contribution in [2.45, 2.75) is 18.2 Å². The maximum atomic E-state index is 12.9. The van der Waals surface area contributed by atoms with Gasteiger partial charge in [0.15, 0.2) is 0 Å². The first-order valence-corrected chi connectivity index (χ1v) is 8.59. The molecule has 0 fully saturated rings. The number of para-hydroxylation sites is 1. The molecule has 2 N–H and O–H groups in total. The number of benzene rings is 2. The summed E-state index contributed by atoms with van der Waals surface area (Å²) in [5.41, 5.74) is 8.31. The van der Waals surface area contributed by atoms with Crippen LogP contribution in [0.4, 0.5) is 0 Å². The fourth-order valence-electron chi connectivity index (χ4n) is 2.60. The van der Waals surface area contributed by atoms with Crippen LogP contribution in [0.2, 0.25) is 0 Å². The van der Waals surface area contributed by atoms with Crippen molar-refractivity contribution < 1.29 is 8.42 Å². The Morgan fingerprint density at radius 2 is 1.73 bits per heavy atom. The molecule has 0 atom stereocenters. The number of hydrogen-bond acceptors (Lipinski definition) is 3. The van der Waals surface area contributed by atoms with Crippen molar-refractivity contribution in [1.29, 1.82) is 0 Å². The van der Waals surface area contributed by atoms with Crippen molar-refractivity contribution in [1.82, 2.24) is 3.97 Å². The Labute approximate surface area is 130 Å². The molecule has 3 rings (SSSR count). The molecule has 22 heavy (non-hydrogen) atoms. The summed E-state index contributed by atoms with van der Waals surface area (Å²) in [4.78, 5) is 0.290. The van der Waals surface area contributed by atoms with Crippen molar-refractivity contribution in [3.8, 4) is 0 Å². The average molecular weight is 314 g/mol. The van der Waals surface area contributed by atoms with Gasteiger partial charge in [0.1, 0.15) is 0 Å². The largest absolute Gasteiger partial charge is 0.330 e. The highest BCUT2D eigenvalue weighted by molar-refractivity contribution is 7.90. The molecule has 0 amide bonds. The molecule has 0 spiro atoms. The van der Waals surface area contributed by atoms with Gasteiger partial charge in [0.05, 0.1) is 10.4 Å². The van der Waals surface area contributed by atoms with Crippen LogP contribution in [-0.4, -0.2) is 18.9 Å². The molecular formula is C17H18N2O2S. The Bertz CT molecular complexity index is 909. The number of rotatable bonds is 4. The molecule has 5 heteroatoms. The van der Waals surface area contributed by atoms with Gasteiger partial charge in [-0.2, -0.15) is 0 Å². The predicted octanol–water partition coefficient (Wildman–Crippen LogP) is 2.69. The van der Waals surface area contributed by atoms with Gasteiger partial charge in [0.2, 0.25) is 0 Å². The second kappa shape index (κ2) is 5.59. The van der Waals surface area contributed by atoms with Gasteiger partial charge in [-0.3, -0.25) is 0 Å². The fraction of sp³-hybridized carbons (Fsp3) is 0.176. The van der Waals surface area contributed by atoms with Crippen LogP contribution < -0.4 is 5.73 Å². The normalized spacial score (nSPS) is 11.9. The zero-order valence-corrected chi connectivity index (χ0v) is 13.2. The van der Waals surface area contributed by atoms with E-state index in [1.807, 2.05) is 31.2 Å². The third-order valence-corrected chi connectivity index (χ3v) is 5.44. The Hall–Kier alpha value is -2.11. The van der Waals surface area contributed by atoms with Crippen LogP contribution in [-0.2, 0) is 16.4 Å². The highest BCUT2D eigenvalue weighted by Crippen LogP contribution is 2.26. The summed E-state index contributed by atoms with van der Waals surface area (Å²) in [6, 6.07) is 14.4. The first-order chi connectivity index (χ1) is 10.5. The highest BCUT2D eigenvalue weighted by atomic mass is 32.2. The van der Waals surface area contributed by atoms with Crippen molar-refractivity contribution in [2.75, 3.05) is 6.54 Å². The van der Waals surface area contributed by atoms with Gasteiger partial charge in [-0.15, -0.1) is 0 Å². The van der Waals surface area contributed by atoms with Crippen LogP contribution in [0.3, 0.4) is 0 Å². The Morgan fingerprint density at radius 3 is 2.41 bits per heavy atom. The molecule has 1 heterocycles. The smallest absolute Gasteiger partial charge is 0.268 e. The van der Waals surface area contributed by atoms with Gasteiger partial charge in [0.25, 0.3) is 10.0 Å². The summed E-state index contributed by atoms with van der Waals surface area (Å²) in [6.07, 6.45) is 2.34. The van der Waals surface area contributed by atoms with E-state index in [0.717, 1.165) is 16.5 Å². The number of hydrogen-bond donors (Lipinski definition) is 1. The SMILES string of the molecule is Cc1ccc(S(=O)(=O)n2cc(CCN)c3ccccc32)cc1. The number of aryl methyl sites for hydroxylation is 1. The van der Waals surface area contributed by atoms with E-state index in [0.29, 0.717) is 18.5 Å².